The molecule has 0 bridgehead atoms. The molecule has 0 atom stereocenters. The summed E-state index contributed by atoms with van der Waals surface area (Å²) in [6.45, 7) is 5.83. The molecule has 1 rings (SSSR count). The summed E-state index contributed by atoms with van der Waals surface area (Å²) in [4.78, 5) is 5.13. The van der Waals surface area contributed by atoms with Crippen LogP contribution >= 0.6 is 0 Å². The molecule has 0 N–H and O–H groups in total. The van der Waals surface area contributed by atoms with Gasteiger partial charge in [-0.3, -0.25) is 0 Å². The highest BCUT2D eigenvalue weighted by molar-refractivity contribution is 5.98. The van der Waals surface area contributed by atoms with Crippen LogP contribution in [0.15, 0.2) is 29.4 Å². The number of rotatable bonds is 3. The molecule has 1 radical (unpaired) electrons. The zero-order valence-corrected chi connectivity index (χ0v) is 8.24. The second-order valence-corrected chi connectivity index (χ2v) is 3.12. The van der Waals surface area contributed by atoms with Gasteiger partial charge in [0.15, 0.2) is 0 Å². The molecular formula is C11H14NO. The topological polar surface area (TPSA) is 21.6 Å². The van der Waals surface area contributed by atoms with Gasteiger partial charge in [-0.25, -0.2) is 0 Å². The van der Waals surface area contributed by atoms with E-state index in [1.807, 2.05) is 45.0 Å². The Labute approximate surface area is 79.2 Å². The molecule has 0 fully saturated rings. The summed E-state index contributed by atoms with van der Waals surface area (Å²) < 4.78 is 0. The van der Waals surface area contributed by atoms with Crippen molar-refractivity contribution in [1.29, 1.82) is 0 Å². The van der Waals surface area contributed by atoms with Crippen LogP contribution in [0.3, 0.4) is 0 Å². The second-order valence-electron chi connectivity index (χ2n) is 3.12. The molecule has 0 heterocycles. The van der Waals surface area contributed by atoms with Gasteiger partial charge in [0.2, 0.25) is 0 Å². The Balaban J connectivity index is 2.68. The molecule has 0 spiro atoms. The number of hydrogen-bond donors (Lipinski definition) is 0. The maximum Gasteiger partial charge on any atom is 0.122 e. The Kier molecular flexibility index (Phi) is 3.50. The molecule has 0 saturated heterocycles. The van der Waals surface area contributed by atoms with E-state index in [4.69, 9.17) is 4.84 Å². The zero-order chi connectivity index (χ0) is 9.68. The van der Waals surface area contributed by atoms with E-state index in [1.165, 1.54) is 0 Å². The van der Waals surface area contributed by atoms with Gasteiger partial charge in [-0.2, -0.15) is 0 Å². The van der Waals surface area contributed by atoms with Crippen LogP contribution in [0, 0.1) is 6.07 Å². The summed E-state index contributed by atoms with van der Waals surface area (Å²) >= 11 is 0. The average Bonchev–Trinajstić information content (AvgIpc) is 2.15. The van der Waals surface area contributed by atoms with Crippen LogP contribution in [0.1, 0.15) is 26.3 Å². The Morgan fingerprint density at radius 3 is 2.85 bits per heavy atom. The molecule has 2 nitrogen and oxygen atoms in total. The zero-order valence-electron chi connectivity index (χ0n) is 8.24. The summed E-state index contributed by atoms with van der Waals surface area (Å²) in [5.41, 5.74) is 1.92. The van der Waals surface area contributed by atoms with Crippen molar-refractivity contribution in [3.63, 3.8) is 0 Å². The van der Waals surface area contributed by atoms with Crippen molar-refractivity contribution in [1.82, 2.24) is 0 Å². The standard InChI is InChI=1S/C11H14NO/c1-9(2)13-12-10(3)11-7-5-4-6-8-11/h4-5,7-9H,1-3H3/b12-10+. The smallest absolute Gasteiger partial charge is 0.122 e. The molecular weight excluding hydrogens is 162 g/mol. The average molecular weight is 176 g/mol. The molecule has 0 saturated carbocycles. The normalized spacial score (nSPS) is 11.8. The molecule has 0 aliphatic rings. The van der Waals surface area contributed by atoms with Gasteiger partial charge < -0.3 is 4.84 Å². The molecule has 0 aliphatic heterocycles. The molecule has 1 aromatic carbocycles. The fraction of sp³-hybridized carbons (Fsp3) is 0.364. The van der Waals surface area contributed by atoms with Crippen molar-refractivity contribution in [2.24, 2.45) is 5.16 Å². The highest BCUT2D eigenvalue weighted by Crippen LogP contribution is 2.01. The SMILES string of the molecule is C/C(=N\OC(C)C)c1c[c]ccc1. The van der Waals surface area contributed by atoms with Crippen LogP contribution < -0.4 is 0 Å². The molecule has 13 heavy (non-hydrogen) atoms. The van der Waals surface area contributed by atoms with Crippen molar-refractivity contribution >= 4 is 5.71 Å². The summed E-state index contributed by atoms with van der Waals surface area (Å²) in [5.74, 6) is 0. The largest absolute Gasteiger partial charge is 0.393 e. The van der Waals surface area contributed by atoms with E-state index in [0.717, 1.165) is 11.3 Å². The van der Waals surface area contributed by atoms with Gasteiger partial charge >= 0.3 is 0 Å². The van der Waals surface area contributed by atoms with Crippen LogP contribution in [0.25, 0.3) is 0 Å². The van der Waals surface area contributed by atoms with Gasteiger partial charge in [-0.05, 0) is 38.5 Å². The minimum atomic E-state index is 0.127. The van der Waals surface area contributed by atoms with Crippen molar-refractivity contribution in [3.8, 4) is 0 Å². The fourth-order valence-corrected chi connectivity index (χ4v) is 0.856. The van der Waals surface area contributed by atoms with E-state index >= 15 is 0 Å². The van der Waals surface area contributed by atoms with E-state index in [-0.39, 0.29) is 6.10 Å². The Morgan fingerprint density at radius 2 is 2.31 bits per heavy atom. The monoisotopic (exact) mass is 176 g/mol. The summed E-state index contributed by atoms with van der Waals surface area (Å²) in [7, 11) is 0. The predicted molar refractivity (Wildman–Crippen MR) is 53.7 cm³/mol. The van der Waals surface area contributed by atoms with Crippen LogP contribution in [-0.4, -0.2) is 11.8 Å². The first-order chi connectivity index (χ1) is 6.20. The number of benzene rings is 1. The van der Waals surface area contributed by atoms with Crippen LogP contribution in [0.2, 0.25) is 0 Å². The summed E-state index contributed by atoms with van der Waals surface area (Å²) in [6, 6.07) is 10.7. The lowest BCUT2D eigenvalue weighted by Gasteiger charge is -2.04. The fourth-order valence-electron chi connectivity index (χ4n) is 0.856. The third-order valence-electron chi connectivity index (χ3n) is 1.53. The first kappa shape index (κ1) is 9.78. The van der Waals surface area contributed by atoms with Gasteiger partial charge in [0.05, 0.1) is 5.71 Å². The lowest BCUT2D eigenvalue weighted by molar-refractivity contribution is 0.0860. The van der Waals surface area contributed by atoms with E-state index < -0.39 is 0 Å². The van der Waals surface area contributed by atoms with E-state index in [9.17, 15) is 0 Å². The van der Waals surface area contributed by atoms with Crippen molar-refractivity contribution in [3.05, 3.63) is 35.9 Å². The molecule has 69 valence electrons. The van der Waals surface area contributed by atoms with Crippen LogP contribution in [-0.2, 0) is 4.84 Å². The number of hydrogen-bond acceptors (Lipinski definition) is 2. The van der Waals surface area contributed by atoms with Gasteiger partial charge in [0, 0.05) is 0 Å². The lowest BCUT2D eigenvalue weighted by atomic mass is 10.1. The highest BCUT2D eigenvalue weighted by Gasteiger charge is 1.96. The quantitative estimate of drug-likeness (QED) is 0.512. The summed E-state index contributed by atoms with van der Waals surface area (Å²) in [5, 5.41) is 3.99. The Bertz CT molecular complexity index is 277. The Hall–Kier alpha value is -1.31. The maximum atomic E-state index is 5.13. The van der Waals surface area contributed by atoms with Crippen molar-refractivity contribution in [2.75, 3.05) is 0 Å². The van der Waals surface area contributed by atoms with E-state index in [0.29, 0.717) is 0 Å². The first-order valence-corrected chi connectivity index (χ1v) is 4.37. The molecule has 2 heteroatoms. The van der Waals surface area contributed by atoms with Crippen molar-refractivity contribution in [2.45, 2.75) is 26.9 Å². The minimum absolute atomic E-state index is 0.127. The second kappa shape index (κ2) is 4.65. The van der Waals surface area contributed by atoms with E-state index in [2.05, 4.69) is 11.2 Å². The first-order valence-electron chi connectivity index (χ1n) is 4.37. The van der Waals surface area contributed by atoms with Gasteiger partial charge in [0.25, 0.3) is 0 Å². The molecule has 0 amide bonds. The van der Waals surface area contributed by atoms with Gasteiger partial charge in [-0.15, -0.1) is 0 Å². The highest BCUT2D eigenvalue weighted by atomic mass is 16.6. The third kappa shape index (κ3) is 3.28. The van der Waals surface area contributed by atoms with Gasteiger partial charge in [0.1, 0.15) is 6.10 Å². The Morgan fingerprint density at radius 1 is 1.54 bits per heavy atom. The molecule has 0 aromatic heterocycles. The predicted octanol–water partition coefficient (Wildman–Crippen LogP) is 2.64. The molecule has 1 aromatic rings. The van der Waals surface area contributed by atoms with Crippen LogP contribution in [0.4, 0.5) is 0 Å². The maximum absolute atomic E-state index is 5.13. The van der Waals surface area contributed by atoms with Crippen molar-refractivity contribution < 1.29 is 4.84 Å². The van der Waals surface area contributed by atoms with Gasteiger partial charge in [-0.1, -0.05) is 23.4 Å². The molecule has 0 unspecified atom stereocenters. The lowest BCUT2D eigenvalue weighted by Crippen LogP contribution is -2.01. The number of oxime groups is 1. The third-order valence-corrected chi connectivity index (χ3v) is 1.53. The van der Waals surface area contributed by atoms with E-state index in [1.54, 1.807) is 0 Å². The molecule has 0 aliphatic carbocycles. The summed E-state index contributed by atoms with van der Waals surface area (Å²) in [6.07, 6.45) is 0.127. The minimum Gasteiger partial charge on any atom is -0.393 e. The van der Waals surface area contributed by atoms with Crippen LogP contribution in [0.5, 0.6) is 0 Å². The number of nitrogens with zero attached hydrogens (tertiary/aromatic N) is 1.